The second-order valence-corrected chi connectivity index (χ2v) is 6.68. The number of ether oxygens (including phenoxy) is 1. The first-order chi connectivity index (χ1) is 13.2. The van der Waals surface area contributed by atoms with E-state index in [-0.39, 0.29) is 11.9 Å². The van der Waals surface area contributed by atoms with Crippen molar-refractivity contribution < 1.29 is 9.13 Å². The van der Waals surface area contributed by atoms with Crippen LogP contribution in [0, 0.1) is 5.82 Å². The van der Waals surface area contributed by atoms with E-state index in [0.29, 0.717) is 5.11 Å². The minimum absolute atomic E-state index is 0.185. The van der Waals surface area contributed by atoms with Gasteiger partial charge in [0.1, 0.15) is 17.6 Å². The predicted octanol–water partition coefficient (Wildman–Crippen LogP) is 3.90. The lowest BCUT2D eigenvalue weighted by atomic mass is 9.96. The standard InChI is InChI=1S/C20H19FN4OS/c1-26-17-5-3-2-4-15(17)24-20(27)25-11-10-16-18(23-12-22-16)19(25)13-6-8-14(21)9-7-13/h2-9,12,19H,10-11H2,1H3,(H,22,23)(H,24,27). The molecule has 2 aromatic carbocycles. The molecule has 0 fully saturated rings. The Hall–Kier alpha value is -2.93. The van der Waals surface area contributed by atoms with Crippen molar-refractivity contribution in [2.24, 2.45) is 0 Å². The Labute approximate surface area is 162 Å². The lowest BCUT2D eigenvalue weighted by molar-refractivity contribution is 0.336. The zero-order valence-corrected chi connectivity index (χ0v) is 15.6. The lowest BCUT2D eigenvalue weighted by Gasteiger charge is -2.37. The molecule has 0 amide bonds. The summed E-state index contributed by atoms with van der Waals surface area (Å²) in [4.78, 5) is 9.79. The highest BCUT2D eigenvalue weighted by molar-refractivity contribution is 7.80. The number of aromatic nitrogens is 2. The monoisotopic (exact) mass is 382 g/mol. The first-order valence-corrected chi connectivity index (χ1v) is 9.06. The van der Waals surface area contributed by atoms with Crippen molar-refractivity contribution in [3.63, 3.8) is 0 Å². The molecule has 0 radical (unpaired) electrons. The Bertz CT molecular complexity index is 957. The molecule has 3 aromatic rings. The van der Waals surface area contributed by atoms with Gasteiger partial charge in [-0.25, -0.2) is 9.37 Å². The molecule has 1 aliphatic rings. The number of methoxy groups -OCH3 is 1. The summed E-state index contributed by atoms with van der Waals surface area (Å²) in [7, 11) is 1.63. The van der Waals surface area contributed by atoms with Crippen LogP contribution in [0.15, 0.2) is 54.9 Å². The van der Waals surface area contributed by atoms with Crippen molar-refractivity contribution >= 4 is 23.0 Å². The zero-order valence-electron chi connectivity index (χ0n) is 14.8. The van der Waals surface area contributed by atoms with E-state index in [9.17, 15) is 4.39 Å². The SMILES string of the molecule is COc1ccccc1NC(=S)N1CCc2[nH]cnc2C1c1ccc(F)cc1. The maximum absolute atomic E-state index is 13.4. The molecule has 0 saturated carbocycles. The van der Waals surface area contributed by atoms with Crippen LogP contribution >= 0.6 is 12.2 Å². The van der Waals surface area contributed by atoms with Crippen LogP contribution in [0.25, 0.3) is 0 Å². The van der Waals surface area contributed by atoms with E-state index in [1.807, 2.05) is 24.3 Å². The molecule has 138 valence electrons. The van der Waals surface area contributed by atoms with Crippen LogP contribution in [-0.4, -0.2) is 33.6 Å². The number of nitrogens with zero attached hydrogens (tertiary/aromatic N) is 2. The van der Waals surface area contributed by atoms with Gasteiger partial charge in [-0.2, -0.15) is 0 Å². The van der Waals surface area contributed by atoms with Crippen molar-refractivity contribution in [3.05, 3.63) is 77.6 Å². The van der Waals surface area contributed by atoms with Gasteiger partial charge in [0.25, 0.3) is 0 Å². The highest BCUT2D eigenvalue weighted by Gasteiger charge is 2.32. The number of para-hydroxylation sites is 2. The molecule has 7 heteroatoms. The molecular formula is C20H19FN4OS. The zero-order chi connectivity index (χ0) is 18.8. The van der Waals surface area contributed by atoms with Gasteiger partial charge in [0.15, 0.2) is 5.11 Å². The Morgan fingerprint density at radius 3 is 2.81 bits per heavy atom. The molecular weight excluding hydrogens is 363 g/mol. The number of benzene rings is 2. The van der Waals surface area contributed by atoms with Gasteiger partial charge in [-0.3, -0.25) is 0 Å². The van der Waals surface area contributed by atoms with E-state index < -0.39 is 0 Å². The van der Waals surface area contributed by atoms with Crippen LogP contribution in [0.4, 0.5) is 10.1 Å². The van der Waals surface area contributed by atoms with E-state index in [1.54, 1.807) is 25.6 Å². The third-order valence-corrected chi connectivity index (χ3v) is 5.06. The summed E-state index contributed by atoms with van der Waals surface area (Å²) in [5.74, 6) is 0.453. The second kappa shape index (κ2) is 7.36. The number of H-pyrrole nitrogens is 1. The van der Waals surface area contributed by atoms with Gasteiger partial charge < -0.3 is 19.9 Å². The Kier molecular flexibility index (Phi) is 4.77. The van der Waals surface area contributed by atoms with Gasteiger partial charge in [-0.1, -0.05) is 24.3 Å². The molecule has 0 spiro atoms. The number of anilines is 1. The van der Waals surface area contributed by atoms with Crippen molar-refractivity contribution in [2.45, 2.75) is 12.5 Å². The van der Waals surface area contributed by atoms with E-state index in [1.165, 1.54) is 12.1 Å². The number of hydrogen-bond acceptors (Lipinski definition) is 3. The van der Waals surface area contributed by atoms with Gasteiger partial charge in [0.2, 0.25) is 0 Å². The molecule has 2 N–H and O–H groups in total. The molecule has 1 unspecified atom stereocenters. The van der Waals surface area contributed by atoms with Crippen molar-refractivity contribution in [1.29, 1.82) is 0 Å². The summed E-state index contributed by atoms with van der Waals surface area (Å²) < 4.78 is 18.8. The maximum Gasteiger partial charge on any atom is 0.174 e. The number of halogens is 1. The Morgan fingerprint density at radius 2 is 2.04 bits per heavy atom. The average molecular weight is 382 g/mol. The van der Waals surface area contributed by atoms with Crippen LogP contribution < -0.4 is 10.1 Å². The maximum atomic E-state index is 13.4. The highest BCUT2D eigenvalue weighted by Crippen LogP contribution is 2.34. The number of hydrogen-bond donors (Lipinski definition) is 2. The minimum atomic E-state index is -0.266. The summed E-state index contributed by atoms with van der Waals surface area (Å²) in [6.07, 6.45) is 2.50. The fourth-order valence-electron chi connectivity index (χ4n) is 3.41. The highest BCUT2D eigenvalue weighted by atomic mass is 32.1. The molecule has 1 aromatic heterocycles. The number of fused-ring (bicyclic) bond motifs is 1. The largest absolute Gasteiger partial charge is 0.495 e. The molecule has 0 saturated heterocycles. The number of aromatic amines is 1. The Morgan fingerprint density at radius 1 is 1.26 bits per heavy atom. The number of rotatable bonds is 3. The first-order valence-electron chi connectivity index (χ1n) is 8.65. The molecule has 2 heterocycles. The quantitative estimate of drug-likeness (QED) is 0.673. The second-order valence-electron chi connectivity index (χ2n) is 6.29. The van der Waals surface area contributed by atoms with Gasteiger partial charge in [-0.15, -0.1) is 0 Å². The summed E-state index contributed by atoms with van der Waals surface area (Å²) in [6, 6.07) is 13.9. The van der Waals surface area contributed by atoms with Gasteiger partial charge >= 0.3 is 0 Å². The Balaban J connectivity index is 1.68. The van der Waals surface area contributed by atoms with Gasteiger partial charge in [0.05, 0.1) is 24.8 Å². The summed E-state index contributed by atoms with van der Waals surface area (Å²) in [5, 5.41) is 3.86. The summed E-state index contributed by atoms with van der Waals surface area (Å²) in [6.45, 7) is 0.720. The topological polar surface area (TPSA) is 53.2 Å². The van der Waals surface area contributed by atoms with E-state index in [4.69, 9.17) is 17.0 Å². The third kappa shape index (κ3) is 3.38. The van der Waals surface area contributed by atoms with E-state index in [2.05, 4.69) is 20.2 Å². The van der Waals surface area contributed by atoms with Crippen LogP contribution in [0.5, 0.6) is 5.75 Å². The normalized spacial score (nSPS) is 15.9. The summed E-state index contributed by atoms with van der Waals surface area (Å²) in [5.41, 5.74) is 3.74. The molecule has 4 rings (SSSR count). The minimum Gasteiger partial charge on any atom is -0.495 e. The van der Waals surface area contributed by atoms with Crippen molar-refractivity contribution in [1.82, 2.24) is 14.9 Å². The number of thiocarbonyl (C=S) groups is 1. The van der Waals surface area contributed by atoms with E-state index in [0.717, 1.165) is 41.4 Å². The number of nitrogens with one attached hydrogen (secondary N) is 2. The molecule has 27 heavy (non-hydrogen) atoms. The van der Waals surface area contributed by atoms with Crippen LogP contribution in [0.3, 0.4) is 0 Å². The molecule has 0 bridgehead atoms. The fourth-order valence-corrected chi connectivity index (χ4v) is 3.72. The third-order valence-electron chi connectivity index (χ3n) is 4.72. The molecule has 5 nitrogen and oxygen atoms in total. The average Bonchev–Trinajstić information content (AvgIpc) is 3.17. The smallest absolute Gasteiger partial charge is 0.174 e. The van der Waals surface area contributed by atoms with Crippen LogP contribution in [-0.2, 0) is 6.42 Å². The van der Waals surface area contributed by atoms with Gasteiger partial charge in [-0.05, 0) is 42.0 Å². The van der Waals surface area contributed by atoms with E-state index >= 15 is 0 Å². The summed E-state index contributed by atoms with van der Waals surface area (Å²) >= 11 is 5.72. The van der Waals surface area contributed by atoms with Crippen molar-refractivity contribution in [3.8, 4) is 5.75 Å². The molecule has 1 aliphatic heterocycles. The lowest BCUT2D eigenvalue weighted by Crippen LogP contribution is -2.43. The first kappa shape index (κ1) is 17.5. The molecule has 0 aliphatic carbocycles. The number of imidazole rings is 1. The van der Waals surface area contributed by atoms with Crippen LogP contribution in [0.1, 0.15) is 23.0 Å². The predicted molar refractivity (Wildman–Crippen MR) is 106 cm³/mol. The fraction of sp³-hybridized carbons (Fsp3) is 0.200. The van der Waals surface area contributed by atoms with Crippen molar-refractivity contribution in [2.75, 3.05) is 19.0 Å². The van der Waals surface area contributed by atoms with Gasteiger partial charge in [0, 0.05) is 18.7 Å². The van der Waals surface area contributed by atoms with Crippen LogP contribution in [0.2, 0.25) is 0 Å². The molecule has 1 atom stereocenters.